The maximum absolute atomic E-state index is 5.78. The fourth-order valence-electron chi connectivity index (χ4n) is 2.65. The van der Waals surface area contributed by atoms with Crippen LogP contribution in [0.25, 0.3) is 0 Å². The van der Waals surface area contributed by atoms with Crippen molar-refractivity contribution in [3.05, 3.63) is 10.6 Å². The van der Waals surface area contributed by atoms with E-state index in [2.05, 4.69) is 28.9 Å². The minimum atomic E-state index is 0.540. The van der Waals surface area contributed by atoms with Gasteiger partial charge in [-0.05, 0) is 38.9 Å². The van der Waals surface area contributed by atoms with Gasteiger partial charge in [0.15, 0.2) is 5.13 Å². The molecular formula is C14H26N4OS. The van der Waals surface area contributed by atoms with Crippen LogP contribution in [0, 0.1) is 5.92 Å². The number of rotatable bonds is 6. The molecular weight excluding hydrogens is 272 g/mol. The van der Waals surface area contributed by atoms with Gasteiger partial charge in [-0.25, -0.2) is 4.98 Å². The molecule has 2 heterocycles. The molecule has 1 fully saturated rings. The van der Waals surface area contributed by atoms with Crippen molar-refractivity contribution in [2.75, 3.05) is 45.7 Å². The van der Waals surface area contributed by atoms with Crippen LogP contribution >= 0.6 is 11.3 Å². The summed E-state index contributed by atoms with van der Waals surface area (Å²) in [4.78, 5) is 10.5. The van der Waals surface area contributed by atoms with Gasteiger partial charge >= 0.3 is 0 Å². The number of hydrogen-bond donors (Lipinski definition) is 1. The van der Waals surface area contributed by atoms with Gasteiger partial charge in [-0.3, -0.25) is 0 Å². The van der Waals surface area contributed by atoms with Crippen LogP contribution in [0.3, 0.4) is 0 Å². The molecule has 1 saturated heterocycles. The number of hydrogen-bond acceptors (Lipinski definition) is 6. The largest absolute Gasteiger partial charge is 0.378 e. The van der Waals surface area contributed by atoms with E-state index in [0.717, 1.165) is 28.2 Å². The molecule has 0 radical (unpaired) electrons. The number of nitrogens with zero attached hydrogens (tertiary/aromatic N) is 3. The molecule has 0 atom stereocenters. The van der Waals surface area contributed by atoms with Crippen LogP contribution in [0.1, 0.15) is 23.4 Å². The molecule has 1 aromatic rings. The molecule has 0 aliphatic carbocycles. The normalized spacial score (nSPS) is 17.6. The smallest absolute Gasteiger partial charge is 0.185 e. The summed E-state index contributed by atoms with van der Waals surface area (Å²) >= 11 is 1.70. The first-order valence-corrected chi connectivity index (χ1v) is 8.03. The molecule has 0 unspecified atom stereocenters. The van der Waals surface area contributed by atoms with E-state index in [1.54, 1.807) is 18.4 Å². The van der Waals surface area contributed by atoms with Gasteiger partial charge in [-0.2, -0.15) is 0 Å². The van der Waals surface area contributed by atoms with Gasteiger partial charge in [-0.1, -0.05) is 0 Å². The van der Waals surface area contributed by atoms with Crippen molar-refractivity contribution < 1.29 is 4.74 Å². The minimum absolute atomic E-state index is 0.540. The Morgan fingerprint density at radius 1 is 1.45 bits per heavy atom. The van der Waals surface area contributed by atoms with Crippen LogP contribution < -0.4 is 10.6 Å². The lowest BCUT2D eigenvalue weighted by Crippen LogP contribution is -2.35. The Bertz CT molecular complexity index is 415. The highest BCUT2D eigenvalue weighted by atomic mass is 32.1. The predicted octanol–water partition coefficient (Wildman–Crippen LogP) is 1.53. The quantitative estimate of drug-likeness (QED) is 0.863. The minimum Gasteiger partial charge on any atom is -0.378 e. The second-order valence-corrected chi connectivity index (χ2v) is 6.69. The number of likely N-dealkylation sites (tertiary alicyclic amines) is 1. The third-order valence-corrected chi connectivity index (χ3v) is 5.16. The zero-order valence-electron chi connectivity index (χ0n) is 12.8. The first kappa shape index (κ1) is 15.7. The van der Waals surface area contributed by atoms with E-state index in [4.69, 9.17) is 10.5 Å². The molecule has 5 nitrogen and oxygen atoms in total. The van der Waals surface area contributed by atoms with Crippen molar-refractivity contribution >= 4 is 16.5 Å². The Balaban J connectivity index is 1.96. The van der Waals surface area contributed by atoms with Gasteiger partial charge in [0.05, 0.1) is 12.3 Å². The van der Waals surface area contributed by atoms with E-state index in [9.17, 15) is 0 Å². The lowest BCUT2D eigenvalue weighted by atomic mass is 9.97. The summed E-state index contributed by atoms with van der Waals surface area (Å²) in [5, 5.41) is 1.07. The SMILES string of the molecule is COCc1nc(N(C)CC2CCN(C)CC2)sc1CN. The van der Waals surface area contributed by atoms with Crippen LogP contribution in [0.15, 0.2) is 0 Å². The van der Waals surface area contributed by atoms with Crippen molar-refractivity contribution in [3.8, 4) is 0 Å². The molecule has 0 spiro atoms. The van der Waals surface area contributed by atoms with Crippen LogP contribution in [0.5, 0.6) is 0 Å². The van der Waals surface area contributed by atoms with Crippen molar-refractivity contribution in [2.24, 2.45) is 11.7 Å². The van der Waals surface area contributed by atoms with Gasteiger partial charge < -0.3 is 20.3 Å². The summed E-state index contributed by atoms with van der Waals surface area (Å²) in [5.41, 5.74) is 6.78. The van der Waals surface area contributed by atoms with Crippen LogP contribution in [0.4, 0.5) is 5.13 Å². The first-order valence-electron chi connectivity index (χ1n) is 7.21. The van der Waals surface area contributed by atoms with Gasteiger partial charge in [0.2, 0.25) is 0 Å². The van der Waals surface area contributed by atoms with E-state index in [0.29, 0.717) is 13.2 Å². The molecule has 2 rings (SSSR count). The summed E-state index contributed by atoms with van der Waals surface area (Å²) in [6, 6.07) is 0. The fraction of sp³-hybridized carbons (Fsp3) is 0.786. The first-order chi connectivity index (χ1) is 9.63. The molecule has 0 aromatic carbocycles. The molecule has 6 heteroatoms. The van der Waals surface area contributed by atoms with E-state index in [1.807, 2.05) is 0 Å². The number of methoxy groups -OCH3 is 1. The average Bonchev–Trinajstić information content (AvgIpc) is 2.85. The molecule has 1 aromatic heterocycles. The molecule has 20 heavy (non-hydrogen) atoms. The van der Waals surface area contributed by atoms with E-state index < -0.39 is 0 Å². The number of anilines is 1. The highest BCUT2D eigenvalue weighted by Crippen LogP contribution is 2.27. The maximum Gasteiger partial charge on any atom is 0.185 e. The third kappa shape index (κ3) is 3.91. The van der Waals surface area contributed by atoms with E-state index >= 15 is 0 Å². The number of nitrogens with two attached hydrogens (primary N) is 1. The van der Waals surface area contributed by atoms with Gasteiger partial charge in [0, 0.05) is 32.1 Å². The standard InChI is InChI=1S/C14H26N4OS/c1-17-6-4-11(5-7-17)9-18(2)14-16-12(10-19-3)13(8-15)20-14/h11H,4-10,15H2,1-3H3. The Morgan fingerprint density at radius 2 is 2.15 bits per heavy atom. The van der Waals surface area contributed by atoms with Crippen molar-refractivity contribution in [1.82, 2.24) is 9.88 Å². The second-order valence-electron chi connectivity index (χ2n) is 5.63. The Labute approximate surface area is 125 Å². The summed E-state index contributed by atoms with van der Waals surface area (Å²) in [5.74, 6) is 0.771. The van der Waals surface area contributed by atoms with Crippen molar-refractivity contribution in [3.63, 3.8) is 0 Å². The average molecular weight is 298 g/mol. The second kappa shape index (κ2) is 7.36. The van der Waals surface area contributed by atoms with Crippen molar-refractivity contribution in [1.29, 1.82) is 0 Å². The summed E-state index contributed by atoms with van der Waals surface area (Å²) in [6.07, 6.45) is 2.56. The Kier molecular flexibility index (Phi) is 5.77. The number of aromatic nitrogens is 1. The monoisotopic (exact) mass is 298 g/mol. The molecule has 114 valence electrons. The van der Waals surface area contributed by atoms with Gasteiger partial charge in [0.1, 0.15) is 0 Å². The highest BCUT2D eigenvalue weighted by molar-refractivity contribution is 7.15. The summed E-state index contributed by atoms with van der Waals surface area (Å²) in [6.45, 7) is 4.58. The molecule has 0 bridgehead atoms. The number of piperidine rings is 1. The van der Waals surface area contributed by atoms with Gasteiger partial charge in [0.25, 0.3) is 0 Å². The lowest BCUT2D eigenvalue weighted by molar-refractivity contribution is 0.181. The number of thiazole rings is 1. The fourth-order valence-corrected chi connectivity index (χ4v) is 3.56. The van der Waals surface area contributed by atoms with E-state index in [1.165, 1.54) is 25.9 Å². The summed E-state index contributed by atoms with van der Waals surface area (Å²) in [7, 11) is 6.03. The molecule has 0 amide bonds. The van der Waals surface area contributed by atoms with E-state index in [-0.39, 0.29) is 0 Å². The summed E-state index contributed by atoms with van der Waals surface area (Å²) < 4.78 is 5.19. The lowest BCUT2D eigenvalue weighted by Gasteiger charge is -2.31. The van der Waals surface area contributed by atoms with Crippen LogP contribution in [-0.2, 0) is 17.9 Å². The molecule has 1 aliphatic rings. The maximum atomic E-state index is 5.78. The van der Waals surface area contributed by atoms with Crippen LogP contribution in [0.2, 0.25) is 0 Å². The topological polar surface area (TPSA) is 54.6 Å². The molecule has 1 aliphatic heterocycles. The Hall–Kier alpha value is -0.690. The number of ether oxygens (including phenoxy) is 1. The predicted molar refractivity (Wildman–Crippen MR) is 84.2 cm³/mol. The van der Waals surface area contributed by atoms with Crippen molar-refractivity contribution in [2.45, 2.75) is 26.0 Å². The Morgan fingerprint density at radius 3 is 2.75 bits per heavy atom. The zero-order valence-corrected chi connectivity index (χ0v) is 13.6. The molecule has 0 saturated carbocycles. The van der Waals surface area contributed by atoms with Gasteiger partial charge in [-0.15, -0.1) is 11.3 Å². The highest BCUT2D eigenvalue weighted by Gasteiger charge is 2.20. The third-order valence-electron chi connectivity index (χ3n) is 3.93. The van der Waals surface area contributed by atoms with Crippen LogP contribution in [-0.4, -0.2) is 50.7 Å². The molecule has 2 N–H and O–H groups in total. The zero-order chi connectivity index (χ0) is 14.5.